The highest BCUT2D eigenvalue weighted by molar-refractivity contribution is 6.30. The summed E-state index contributed by atoms with van der Waals surface area (Å²) in [5, 5.41) is 4.36. The molecule has 0 bridgehead atoms. The van der Waals surface area contributed by atoms with Crippen LogP contribution in [0.5, 0.6) is 0 Å². The molecule has 1 aliphatic rings. The number of nitrogens with one attached hydrogen (secondary N) is 1. The van der Waals surface area contributed by atoms with Gasteiger partial charge in [0.2, 0.25) is 0 Å². The van der Waals surface area contributed by atoms with Gasteiger partial charge in [-0.3, -0.25) is 4.90 Å². The molecule has 0 aliphatic carbocycles. The Hall–Kier alpha value is -0.610. The molecule has 0 amide bonds. The van der Waals surface area contributed by atoms with Crippen molar-refractivity contribution < 1.29 is 4.74 Å². The Balaban J connectivity index is 1.92. The van der Waals surface area contributed by atoms with Crippen LogP contribution >= 0.6 is 11.6 Å². The third-order valence-corrected chi connectivity index (χ3v) is 3.78. The first-order valence-corrected chi connectivity index (χ1v) is 7.35. The Kier molecular flexibility index (Phi) is 6.11. The van der Waals surface area contributed by atoms with Crippen LogP contribution in [-0.4, -0.2) is 44.3 Å². The Morgan fingerprint density at radius 3 is 3.05 bits per heavy atom. The van der Waals surface area contributed by atoms with Crippen molar-refractivity contribution in [3.63, 3.8) is 0 Å². The summed E-state index contributed by atoms with van der Waals surface area (Å²) in [6.07, 6.45) is 2.57. The minimum absolute atomic E-state index is 0.621. The monoisotopic (exact) mass is 282 g/mol. The molecule has 0 saturated carbocycles. The van der Waals surface area contributed by atoms with Gasteiger partial charge in [-0.1, -0.05) is 23.7 Å². The molecular formula is C15H23ClN2O. The number of hydrogen-bond donors (Lipinski definition) is 1. The maximum absolute atomic E-state index is 6.05. The second-order valence-corrected chi connectivity index (χ2v) is 5.59. The molecule has 19 heavy (non-hydrogen) atoms. The maximum atomic E-state index is 6.05. The van der Waals surface area contributed by atoms with E-state index in [0.29, 0.717) is 6.04 Å². The molecule has 1 saturated heterocycles. The molecule has 0 aromatic heterocycles. The second kappa shape index (κ2) is 7.85. The van der Waals surface area contributed by atoms with E-state index < -0.39 is 0 Å². The fraction of sp³-hybridized carbons (Fsp3) is 0.600. The second-order valence-electron chi connectivity index (χ2n) is 5.15. The third-order valence-electron chi connectivity index (χ3n) is 3.55. The largest absolute Gasteiger partial charge is 0.383 e. The highest BCUT2D eigenvalue weighted by Crippen LogP contribution is 2.14. The average Bonchev–Trinajstić information content (AvgIpc) is 2.89. The van der Waals surface area contributed by atoms with Crippen LogP contribution in [-0.2, 0) is 11.3 Å². The van der Waals surface area contributed by atoms with Crippen LogP contribution in [0, 0.1) is 0 Å². The van der Waals surface area contributed by atoms with E-state index in [2.05, 4.69) is 16.3 Å². The Morgan fingerprint density at radius 2 is 2.37 bits per heavy atom. The topological polar surface area (TPSA) is 24.5 Å². The van der Waals surface area contributed by atoms with Crippen molar-refractivity contribution in [2.75, 3.05) is 33.4 Å². The quantitative estimate of drug-likeness (QED) is 0.832. The lowest BCUT2D eigenvalue weighted by atomic mass is 10.1. The Labute approximate surface area is 120 Å². The number of ether oxygens (including phenoxy) is 1. The summed E-state index contributed by atoms with van der Waals surface area (Å²) in [7, 11) is 1.76. The van der Waals surface area contributed by atoms with Crippen molar-refractivity contribution in [2.24, 2.45) is 0 Å². The van der Waals surface area contributed by atoms with Crippen LogP contribution in [0.15, 0.2) is 24.3 Å². The predicted molar refractivity (Wildman–Crippen MR) is 79.6 cm³/mol. The molecule has 1 atom stereocenters. The Morgan fingerprint density at radius 1 is 1.47 bits per heavy atom. The summed E-state index contributed by atoms with van der Waals surface area (Å²) in [5.41, 5.74) is 1.27. The summed E-state index contributed by atoms with van der Waals surface area (Å²) >= 11 is 6.05. The lowest BCUT2D eigenvalue weighted by Crippen LogP contribution is -2.38. The van der Waals surface area contributed by atoms with E-state index in [4.69, 9.17) is 16.3 Å². The zero-order valence-electron chi connectivity index (χ0n) is 11.6. The zero-order chi connectivity index (χ0) is 13.5. The smallest absolute Gasteiger partial charge is 0.0589 e. The predicted octanol–water partition coefficient (Wildman–Crippen LogP) is 2.54. The number of halogens is 1. The SMILES string of the molecule is COCCN(Cc1cccc(Cl)c1)CC1CCCN1. The average molecular weight is 283 g/mol. The van der Waals surface area contributed by atoms with Crippen molar-refractivity contribution >= 4 is 11.6 Å². The summed E-state index contributed by atoms with van der Waals surface area (Å²) in [6.45, 7) is 4.90. The molecule has 1 aromatic carbocycles. The van der Waals surface area contributed by atoms with Gasteiger partial charge >= 0.3 is 0 Å². The van der Waals surface area contributed by atoms with E-state index >= 15 is 0 Å². The fourth-order valence-corrected chi connectivity index (χ4v) is 2.79. The first-order chi connectivity index (χ1) is 9.28. The van der Waals surface area contributed by atoms with Gasteiger partial charge in [0.1, 0.15) is 0 Å². The molecule has 3 nitrogen and oxygen atoms in total. The number of nitrogens with zero attached hydrogens (tertiary/aromatic N) is 1. The van der Waals surface area contributed by atoms with Crippen LogP contribution in [0.4, 0.5) is 0 Å². The van der Waals surface area contributed by atoms with Gasteiger partial charge in [-0.15, -0.1) is 0 Å². The van der Waals surface area contributed by atoms with Gasteiger partial charge in [0, 0.05) is 37.8 Å². The molecule has 0 radical (unpaired) electrons. The molecule has 1 aromatic rings. The lowest BCUT2D eigenvalue weighted by Gasteiger charge is -2.25. The number of methoxy groups -OCH3 is 1. The van der Waals surface area contributed by atoms with Crippen molar-refractivity contribution in [3.8, 4) is 0 Å². The molecule has 0 spiro atoms. The van der Waals surface area contributed by atoms with Crippen molar-refractivity contribution in [2.45, 2.75) is 25.4 Å². The van der Waals surface area contributed by atoms with Crippen LogP contribution in [0.25, 0.3) is 0 Å². The first-order valence-electron chi connectivity index (χ1n) is 6.97. The van der Waals surface area contributed by atoms with Crippen LogP contribution in [0.3, 0.4) is 0 Å². The first kappa shape index (κ1) is 14.8. The standard InChI is InChI=1S/C15H23ClN2O/c1-19-9-8-18(12-15-6-3-7-17-15)11-13-4-2-5-14(16)10-13/h2,4-5,10,15,17H,3,6-9,11-12H2,1H3. The summed E-state index contributed by atoms with van der Waals surface area (Å²) < 4.78 is 5.21. The van der Waals surface area contributed by atoms with Crippen molar-refractivity contribution in [1.29, 1.82) is 0 Å². The molecular weight excluding hydrogens is 260 g/mol. The van der Waals surface area contributed by atoms with Crippen molar-refractivity contribution in [1.82, 2.24) is 10.2 Å². The van der Waals surface area contributed by atoms with E-state index in [9.17, 15) is 0 Å². The normalized spacial score (nSPS) is 19.2. The summed E-state index contributed by atoms with van der Waals surface area (Å²) in [5.74, 6) is 0. The molecule has 1 unspecified atom stereocenters. The van der Waals surface area contributed by atoms with Gasteiger partial charge < -0.3 is 10.1 Å². The summed E-state index contributed by atoms with van der Waals surface area (Å²) in [6, 6.07) is 8.73. The van der Waals surface area contributed by atoms with E-state index in [1.807, 2.05) is 18.2 Å². The highest BCUT2D eigenvalue weighted by atomic mass is 35.5. The van der Waals surface area contributed by atoms with Gasteiger partial charge in [0.05, 0.1) is 6.61 Å². The van der Waals surface area contributed by atoms with Crippen LogP contribution in [0.2, 0.25) is 5.02 Å². The minimum atomic E-state index is 0.621. The number of hydrogen-bond acceptors (Lipinski definition) is 3. The Bertz CT molecular complexity index is 380. The number of benzene rings is 1. The molecule has 1 aliphatic heterocycles. The molecule has 1 N–H and O–H groups in total. The van der Waals surface area contributed by atoms with Gasteiger partial charge in [0.25, 0.3) is 0 Å². The maximum Gasteiger partial charge on any atom is 0.0589 e. The van der Waals surface area contributed by atoms with E-state index in [1.54, 1.807) is 7.11 Å². The summed E-state index contributed by atoms with van der Waals surface area (Å²) in [4.78, 5) is 2.44. The lowest BCUT2D eigenvalue weighted by molar-refractivity contribution is 0.138. The molecule has 106 valence electrons. The third kappa shape index (κ3) is 5.11. The van der Waals surface area contributed by atoms with Gasteiger partial charge in [-0.05, 0) is 37.1 Å². The van der Waals surface area contributed by atoms with E-state index in [1.165, 1.54) is 18.4 Å². The molecule has 4 heteroatoms. The van der Waals surface area contributed by atoms with Crippen molar-refractivity contribution in [3.05, 3.63) is 34.9 Å². The van der Waals surface area contributed by atoms with Gasteiger partial charge in [0.15, 0.2) is 0 Å². The fourth-order valence-electron chi connectivity index (χ4n) is 2.57. The van der Waals surface area contributed by atoms with E-state index in [-0.39, 0.29) is 0 Å². The molecule has 1 heterocycles. The molecule has 1 fully saturated rings. The molecule has 2 rings (SSSR count). The minimum Gasteiger partial charge on any atom is -0.383 e. The number of rotatable bonds is 7. The van der Waals surface area contributed by atoms with Crippen LogP contribution in [0.1, 0.15) is 18.4 Å². The highest BCUT2D eigenvalue weighted by Gasteiger charge is 2.17. The van der Waals surface area contributed by atoms with Gasteiger partial charge in [-0.25, -0.2) is 0 Å². The van der Waals surface area contributed by atoms with E-state index in [0.717, 1.165) is 37.8 Å². The van der Waals surface area contributed by atoms with Crippen LogP contribution < -0.4 is 5.32 Å². The zero-order valence-corrected chi connectivity index (χ0v) is 12.3. The van der Waals surface area contributed by atoms with Gasteiger partial charge in [-0.2, -0.15) is 0 Å².